The van der Waals surface area contributed by atoms with Crippen LogP contribution in [0.25, 0.3) is 0 Å². The Bertz CT molecular complexity index is 587. The molecule has 1 unspecified atom stereocenters. The lowest BCUT2D eigenvalue weighted by Gasteiger charge is -2.28. The molecule has 0 bridgehead atoms. The number of nitrogens with zero attached hydrogens (tertiary/aromatic N) is 3. The Morgan fingerprint density at radius 2 is 2.25 bits per heavy atom. The van der Waals surface area contributed by atoms with E-state index in [0.717, 1.165) is 38.7 Å². The Hall–Kier alpha value is -1.75. The maximum atomic E-state index is 5.29. The number of benzene rings is 1. The first-order chi connectivity index (χ1) is 11.7. The highest BCUT2D eigenvalue weighted by Gasteiger charge is 2.24. The third-order valence-corrected chi connectivity index (χ3v) is 5.14. The van der Waals surface area contributed by atoms with Crippen LogP contribution < -0.4 is 10.2 Å². The van der Waals surface area contributed by atoms with E-state index in [1.165, 1.54) is 36.1 Å². The van der Waals surface area contributed by atoms with Crippen molar-refractivity contribution in [2.24, 2.45) is 10.9 Å². The van der Waals surface area contributed by atoms with Crippen molar-refractivity contribution >= 4 is 11.6 Å². The van der Waals surface area contributed by atoms with Gasteiger partial charge in [-0.3, -0.25) is 4.99 Å². The number of likely N-dealkylation sites (tertiary alicyclic amines) is 1. The zero-order valence-electron chi connectivity index (χ0n) is 15.2. The van der Waals surface area contributed by atoms with Gasteiger partial charge in [-0.2, -0.15) is 0 Å². The zero-order chi connectivity index (χ0) is 16.9. The predicted octanol–water partition coefficient (Wildman–Crippen LogP) is 2.11. The second-order valence-electron chi connectivity index (χ2n) is 6.94. The number of aliphatic imine (C=N–C) groups is 1. The molecule has 1 aromatic rings. The van der Waals surface area contributed by atoms with Crippen LogP contribution >= 0.6 is 0 Å². The molecule has 0 aromatic heterocycles. The van der Waals surface area contributed by atoms with Crippen LogP contribution in [0.2, 0.25) is 0 Å². The lowest BCUT2D eigenvalue weighted by molar-refractivity contribution is 0.157. The second-order valence-corrected chi connectivity index (χ2v) is 6.94. The van der Waals surface area contributed by atoms with Crippen LogP contribution in [0.3, 0.4) is 0 Å². The van der Waals surface area contributed by atoms with E-state index in [0.29, 0.717) is 5.92 Å². The van der Waals surface area contributed by atoms with Crippen molar-refractivity contribution in [3.63, 3.8) is 0 Å². The molecule has 1 fully saturated rings. The molecule has 1 saturated heterocycles. The monoisotopic (exact) mass is 330 g/mol. The topological polar surface area (TPSA) is 40.1 Å². The number of rotatable bonds is 4. The molecule has 5 nitrogen and oxygen atoms in total. The number of aryl methyl sites for hydroxylation is 1. The Labute approximate surface area is 145 Å². The zero-order valence-corrected chi connectivity index (χ0v) is 15.2. The molecule has 132 valence electrons. The Balaban J connectivity index is 1.58. The van der Waals surface area contributed by atoms with Crippen LogP contribution in [-0.2, 0) is 17.7 Å². The van der Waals surface area contributed by atoms with Crippen LogP contribution in [0.15, 0.2) is 23.2 Å². The van der Waals surface area contributed by atoms with Crippen molar-refractivity contribution < 1.29 is 4.74 Å². The summed E-state index contributed by atoms with van der Waals surface area (Å²) in [5, 5.41) is 3.53. The van der Waals surface area contributed by atoms with Crippen LogP contribution in [0, 0.1) is 5.92 Å². The molecule has 3 rings (SSSR count). The van der Waals surface area contributed by atoms with E-state index in [9.17, 15) is 0 Å². The maximum Gasteiger partial charge on any atom is 0.193 e. The number of ether oxygens (including phenoxy) is 1. The molecule has 1 aromatic carbocycles. The average Bonchev–Trinajstić information content (AvgIpc) is 3.04. The van der Waals surface area contributed by atoms with Gasteiger partial charge in [0.05, 0.1) is 6.61 Å². The van der Waals surface area contributed by atoms with Crippen LogP contribution in [-0.4, -0.2) is 58.3 Å². The summed E-state index contributed by atoms with van der Waals surface area (Å²) in [6.07, 6.45) is 3.61. The van der Waals surface area contributed by atoms with Crippen molar-refractivity contribution in [2.45, 2.75) is 25.8 Å². The van der Waals surface area contributed by atoms with Crippen molar-refractivity contribution in [3.05, 3.63) is 29.3 Å². The van der Waals surface area contributed by atoms with E-state index >= 15 is 0 Å². The second kappa shape index (κ2) is 7.88. The Kier molecular flexibility index (Phi) is 5.61. The molecule has 24 heavy (non-hydrogen) atoms. The summed E-state index contributed by atoms with van der Waals surface area (Å²) in [5.74, 6) is 1.62. The van der Waals surface area contributed by atoms with Crippen LogP contribution in [0.1, 0.15) is 24.0 Å². The largest absolute Gasteiger partial charge is 0.384 e. The van der Waals surface area contributed by atoms with Gasteiger partial charge in [0.1, 0.15) is 0 Å². The molecule has 0 aliphatic carbocycles. The van der Waals surface area contributed by atoms with Crippen molar-refractivity contribution in [1.82, 2.24) is 10.2 Å². The highest BCUT2D eigenvalue weighted by molar-refractivity contribution is 5.80. The summed E-state index contributed by atoms with van der Waals surface area (Å²) in [6, 6.07) is 6.85. The van der Waals surface area contributed by atoms with Gasteiger partial charge in [-0.15, -0.1) is 0 Å². The summed E-state index contributed by atoms with van der Waals surface area (Å²) in [4.78, 5) is 9.16. The summed E-state index contributed by atoms with van der Waals surface area (Å²) in [5.41, 5.74) is 4.19. The summed E-state index contributed by atoms with van der Waals surface area (Å²) >= 11 is 0. The Morgan fingerprint density at radius 3 is 3.04 bits per heavy atom. The minimum Gasteiger partial charge on any atom is -0.384 e. The van der Waals surface area contributed by atoms with Gasteiger partial charge in [-0.1, -0.05) is 12.1 Å². The number of anilines is 1. The first-order valence-electron chi connectivity index (χ1n) is 8.98. The van der Waals surface area contributed by atoms with Gasteiger partial charge in [0.25, 0.3) is 0 Å². The summed E-state index contributed by atoms with van der Waals surface area (Å²) in [7, 11) is 5.83. The SMILES string of the molecule is CN=C(NCc1ccc2c(c1)CCCN2C)N1CCC(COC)C1. The number of fused-ring (bicyclic) bond motifs is 1. The maximum absolute atomic E-state index is 5.29. The van der Waals surface area contributed by atoms with Gasteiger partial charge in [-0.05, 0) is 36.5 Å². The van der Waals surface area contributed by atoms with Crippen molar-refractivity contribution in [2.75, 3.05) is 52.3 Å². The molecule has 5 heteroatoms. The third-order valence-electron chi connectivity index (χ3n) is 5.14. The fourth-order valence-corrected chi connectivity index (χ4v) is 3.86. The lowest BCUT2D eigenvalue weighted by atomic mass is 9.99. The van der Waals surface area contributed by atoms with Crippen molar-refractivity contribution in [1.29, 1.82) is 0 Å². The van der Waals surface area contributed by atoms with Crippen LogP contribution in [0.5, 0.6) is 0 Å². The molecule has 1 N–H and O–H groups in total. The molecule has 1 atom stereocenters. The quantitative estimate of drug-likeness (QED) is 0.678. The third kappa shape index (κ3) is 3.83. The predicted molar refractivity (Wildman–Crippen MR) is 99.8 cm³/mol. The van der Waals surface area contributed by atoms with Gasteiger partial charge < -0.3 is 19.9 Å². The Morgan fingerprint density at radius 1 is 1.38 bits per heavy atom. The number of nitrogens with one attached hydrogen (secondary N) is 1. The van der Waals surface area contributed by atoms with E-state index in [4.69, 9.17) is 4.74 Å². The molecular formula is C19H30N4O. The highest BCUT2D eigenvalue weighted by Crippen LogP contribution is 2.26. The minimum absolute atomic E-state index is 0.618. The standard InChI is InChI=1S/C19H30N4O/c1-20-19(23-10-8-16(13-23)14-24-3)21-12-15-6-7-18-17(11-15)5-4-9-22(18)2/h6-7,11,16H,4-5,8-10,12-14H2,1-3H3,(H,20,21). The molecule has 2 aliphatic rings. The average molecular weight is 330 g/mol. The molecule has 0 spiro atoms. The van der Waals surface area contributed by atoms with Gasteiger partial charge >= 0.3 is 0 Å². The first kappa shape index (κ1) is 17.1. The lowest BCUT2D eigenvalue weighted by Crippen LogP contribution is -2.39. The molecule has 0 saturated carbocycles. The van der Waals surface area contributed by atoms with E-state index in [1.807, 2.05) is 7.05 Å². The molecule has 2 aliphatic heterocycles. The fraction of sp³-hybridized carbons (Fsp3) is 0.632. The van der Waals surface area contributed by atoms with Gasteiger partial charge in [0.2, 0.25) is 0 Å². The highest BCUT2D eigenvalue weighted by atomic mass is 16.5. The smallest absolute Gasteiger partial charge is 0.193 e. The van der Waals surface area contributed by atoms with E-state index < -0.39 is 0 Å². The number of guanidine groups is 1. The normalized spacial score (nSPS) is 21.1. The molecule has 0 amide bonds. The molecule has 2 heterocycles. The van der Waals surface area contributed by atoms with E-state index in [-0.39, 0.29) is 0 Å². The van der Waals surface area contributed by atoms with Crippen LogP contribution in [0.4, 0.5) is 5.69 Å². The first-order valence-corrected chi connectivity index (χ1v) is 8.98. The van der Waals surface area contributed by atoms with Crippen molar-refractivity contribution in [3.8, 4) is 0 Å². The number of methoxy groups -OCH3 is 1. The summed E-state index contributed by atoms with van der Waals surface area (Å²) < 4.78 is 5.29. The van der Waals surface area contributed by atoms with E-state index in [2.05, 4.69) is 45.4 Å². The minimum atomic E-state index is 0.618. The molecule has 0 radical (unpaired) electrons. The molecular weight excluding hydrogens is 300 g/mol. The van der Waals surface area contributed by atoms with Gasteiger partial charge in [0, 0.05) is 59.0 Å². The van der Waals surface area contributed by atoms with Gasteiger partial charge in [0.15, 0.2) is 5.96 Å². The van der Waals surface area contributed by atoms with Gasteiger partial charge in [-0.25, -0.2) is 0 Å². The fourth-order valence-electron chi connectivity index (χ4n) is 3.86. The number of hydrogen-bond donors (Lipinski definition) is 1. The van der Waals surface area contributed by atoms with E-state index in [1.54, 1.807) is 7.11 Å². The number of hydrogen-bond acceptors (Lipinski definition) is 3. The summed E-state index contributed by atoms with van der Waals surface area (Å²) in [6.45, 7) is 4.92.